The Kier molecular flexibility index (Phi) is 5.07. The molecule has 0 radical (unpaired) electrons. The van der Waals surface area contributed by atoms with E-state index in [-0.39, 0.29) is 17.8 Å². The van der Waals surface area contributed by atoms with Crippen molar-refractivity contribution in [3.05, 3.63) is 71.3 Å². The molecule has 4 rings (SSSR count). The molecule has 1 saturated heterocycles. The molecule has 3 heteroatoms. The van der Waals surface area contributed by atoms with Gasteiger partial charge in [0.25, 0.3) is 0 Å². The predicted octanol–water partition coefficient (Wildman–Crippen LogP) is 4.52. The molecule has 0 saturated carbocycles. The number of hydrogen-bond acceptors (Lipinski definition) is 2. The number of fused-ring (bicyclic) bond motifs is 1. The number of aryl methyl sites for hydroxylation is 1. The minimum atomic E-state index is -0.0957. The van der Waals surface area contributed by atoms with Crippen LogP contribution in [0.3, 0.4) is 0 Å². The largest absolute Gasteiger partial charge is 0.299 e. The fraction of sp³-hybridized carbons (Fsp3) is 0.381. The molecular formula is C21H24ClNO. The number of carbonyl (C=O) groups excluding carboxylic acids is 1. The molecule has 2 aromatic carbocycles. The SMILES string of the molecule is Cl.O=C1c2ccccc2CCC12CCN(Cc1ccccc1)CC2. The zero-order valence-electron chi connectivity index (χ0n) is 13.9. The summed E-state index contributed by atoms with van der Waals surface area (Å²) < 4.78 is 0. The molecule has 0 aromatic heterocycles. The number of benzene rings is 2. The van der Waals surface area contributed by atoms with E-state index >= 15 is 0 Å². The third-order valence-corrected chi connectivity index (χ3v) is 5.68. The maximum Gasteiger partial charge on any atom is 0.169 e. The second-order valence-electron chi connectivity index (χ2n) is 7.03. The summed E-state index contributed by atoms with van der Waals surface area (Å²) in [6.07, 6.45) is 4.10. The number of nitrogens with zero attached hydrogens (tertiary/aromatic N) is 1. The van der Waals surface area contributed by atoms with Crippen molar-refractivity contribution in [1.29, 1.82) is 0 Å². The summed E-state index contributed by atoms with van der Waals surface area (Å²) in [5, 5.41) is 0. The first-order chi connectivity index (χ1) is 11.3. The molecule has 1 spiro atoms. The van der Waals surface area contributed by atoms with E-state index in [4.69, 9.17) is 0 Å². The number of carbonyl (C=O) groups is 1. The topological polar surface area (TPSA) is 20.3 Å². The van der Waals surface area contributed by atoms with Gasteiger partial charge >= 0.3 is 0 Å². The van der Waals surface area contributed by atoms with Gasteiger partial charge in [-0.1, -0.05) is 54.6 Å². The average molecular weight is 342 g/mol. The summed E-state index contributed by atoms with van der Waals surface area (Å²) in [5.41, 5.74) is 3.50. The highest BCUT2D eigenvalue weighted by atomic mass is 35.5. The van der Waals surface area contributed by atoms with E-state index in [0.29, 0.717) is 5.78 Å². The number of halogens is 1. The summed E-state index contributed by atoms with van der Waals surface area (Å²) >= 11 is 0. The second-order valence-corrected chi connectivity index (χ2v) is 7.03. The van der Waals surface area contributed by atoms with Crippen LogP contribution in [0, 0.1) is 5.41 Å². The van der Waals surface area contributed by atoms with Gasteiger partial charge in [0.1, 0.15) is 0 Å². The first-order valence-corrected chi connectivity index (χ1v) is 8.66. The molecule has 0 N–H and O–H groups in total. The third kappa shape index (κ3) is 3.13. The standard InChI is InChI=1S/C21H23NO.ClH/c23-20-19-9-5-4-8-18(19)10-11-21(20)12-14-22(15-13-21)16-17-6-2-1-3-7-17;/h1-9H,10-16H2;1H. The van der Waals surface area contributed by atoms with E-state index in [1.165, 1.54) is 11.1 Å². The smallest absolute Gasteiger partial charge is 0.169 e. The van der Waals surface area contributed by atoms with E-state index < -0.39 is 0 Å². The van der Waals surface area contributed by atoms with Gasteiger partial charge in [-0.25, -0.2) is 0 Å². The lowest BCUT2D eigenvalue weighted by atomic mass is 9.65. The third-order valence-electron chi connectivity index (χ3n) is 5.68. The lowest BCUT2D eigenvalue weighted by molar-refractivity contribution is 0.0529. The van der Waals surface area contributed by atoms with Crippen LogP contribution in [0.5, 0.6) is 0 Å². The van der Waals surface area contributed by atoms with Gasteiger partial charge < -0.3 is 0 Å². The van der Waals surface area contributed by atoms with Gasteiger partial charge in [0.15, 0.2) is 5.78 Å². The number of ketones is 1. The van der Waals surface area contributed by atoms with E-state index in [0.717, 1.165) is 50.9 Å². The van der Waals surface area contributed by atoms with Crippen molar-refractivity contribution in [2.75, 3.05) is 13.1 Å². The number of Topliss-reactive ketones (excluding diaryl/α,β-unsaturated/α-hetero) is 1. The molecular weight excluding hydrogens is 318 g/mol. The normalized spacial score (nSPS) is 19.6. The zero-order chi connectivity index (χ0) is 15.7. The van der Waals surface area contributed by atoms with Gasteiger partial charge in [-0.2, -0.15) is 0 Å². The Morgan fingerprint density at radius 2 is 1.54 bits per heavy atom. The molecule has 24 heavy (non-hydrogen) atoms. The molecule has 0 bridgehead atoms. The van der Waals surface area contributed by atoms with Gasteiger partial charge in [0, 0.05) is 17.5 Å². The van der Waals surface area contributed by atoms with Crippen LogP contribution in [0.15, 0.2) is 54.6 Å². The van der Waals surface area contributed by atoms with Crippen LogP contribution >= 0.6 is 12.4 Å². The Morgan fingerprint density at radius 1 is 0.875 bits per heavy atom. The molecule has 126 valence electrons. The highest BCUT2D eigenvalue weighted by Gasteiger charge is 2.44. The first-order valence-electron chi connectivity index (χ1n) is 8.66. The molecule has 2 aromatic rings. The lowest BCUT2D eigenvalue weighted by Crippen LogP contribution is -2.46. The Bertz CT molecular complexity index is 705. The fourth-order valence-electron chi connectivity index (χ4n) is 4.19. The van der Waals surface area contributed by atoms with Crippen LogP contribution in [-0.2, 0) is 13.0 Å². The van der Waals surface area contributed by atoms with Gasteiger partial charge in [0.05, 0.1) is 0 Å². The van der Waals surface area contributed by atoms with Crippen molar-refractivity contribution >= 4 is 18.2 Å². The Morgan fingerprint density at radius 3 is 2.29 bits per heavy atom. The molecule has 1 fully saturated rings. The van der Waals surface area contributed by atoms with Crippen molar-refractivity contribution in [1.82, 2.24) is 4.90 Å². The zero-order valence-corrected chi connectivity index (χ0v) is 14.7. The minimum Gasteiger partial charge on any atom is -0.299 e. The van der Waals surface area contributed by atoms with E-state index in [9.17, 15) is 4.79 Å². The van der Waals surface area contributed by atoms with Crippen LogP contribution in [0.1, 0.15) is 40.7 Å². The molecule has 2 nitrogen and oxygen atoms in total. The van der Waals surface area contributed by atoms with Gasteiger partial charge in [-0.15, -0.1) is 12.4 Å². The van der Waals surface area contributed by atoms with Crippen molar-refractivity contribution in [2.45, 2.75) is 32.2 Å². The van der Waals surface area contributed by atoms with E-state index in [1.54, 1.807) is 0 Å². The summed E-state index contributed by atoms with van der Waals surface area (Å²) in [5.74, 6) is 0.402. The van der Waals surface area contributed by atoms with Gasteiger partial charge in [-0.3, -0.25) is 9.69 Å². The van der Waals surface area contributed by atoms with Gasteiger partial charge in [0.2, 0.25) is 0 Å². The van der Waals surface area contributed by atoms with Crippen molar-refractivity contribution in [3.63, 3.8) is 0 Å². The summed E-state index contributed by atoms with van der Waals surface area (Å²) in [4.78, 5) is 15.5. The second kappa shape index (κ2) is 7.08. The predicted molar refractivity (Wildman–Crippen MR) is 99.7 cm³/mol. The fourth-order valence-corrected chi connectivity index (χ4v) is 4.19. The molecule has 1 heterocycles. The average Bonchev–Trinajstić information content (AvgIpc) is 2.61. The van der Waals surface area contributed by atoms with Crippen LogP contribution in [0.25, 0.3) is 0 Å². The highest BCUT2D eigenvalue weighted by Crippen LogP contribution is 2.43. The van der Waals surface area contributed by atoms with E-state index in [2.05, 4.69) is 41.3 Å². The number of rotatable bonds is 2. The Balaban J connectivity index is 0.00000169. The minimum absolute atomic E-state index is 0. The van der Waals surface area contributed by atoms with Crippen LogP contribution in [-0.4, -0.2) is 23.8 Å². The number of piperidine rings is 1. The maximum atomic E-state index is 13.0. The quantitative estimate of drug-likeness (QED) is 0.800. The summed E-state index contributed by atoms with van der Waals surface area (Å²) in [6, 6.07) is 18.8. The molecule has 0 unspecified atom stereocenters. The van der Waals surface area contributed by atoms with Crippen LogP contribution in [0.2, 0.25) is 0 Å². The molecule has 1 aliphatic carbocycles. The van der Waals surface area contributed by atoms with E-state index in [1.807, 2.05) is 18.2 Å². The number of likely N-dealkylation sites (tertiary alicyclic amines) is 1. The van der Waals surface area contributed by atoms with Crippen molar-refractivity contribution in [2.24, 2.45) is 5.41 Å². The molecule has 1 aliphatic heterocycles. The molecule has 0 amide bonds. The molecule has 0 atom stereocenters. The monoisotopic (exact) mass is 341 g/mol. The molecule has 2 aliphatic rings. The maximum absolute atomic E-state index is 13.0. The lowest BCUT2D eigenvalue weighted by Gasteiger charge is -2.43. The van der Waals surface area contributed by atoms with Crippen molar-refractivity contribution in [3.8, 4) is 0 Å². The van der Waals surface area contributed by atoms with Crippen molar-refractivity contribution < 1.29 is 4.79 Å². The first kappa shape index (κ1) is 17.2. The Hall–Kier alpha value is -1.64. The van der Waals surface area contributed by atoms with Crippen LogP contribution in [0.4, 0.5) is 0 Å². The number of hydrogen-bond donors (Lipinski definition) is 0. The summed E-state index contributed by atoms with van der Waals surface area (Å²) in [7, 11) is 0. The Labute approximate surface area is 150 Å². The van der Waals surface area contributed by atoms with Gasteiger partial charge in [-0.05, 0) is 49.9 Å². The van der Waals surface area contributed by atoms with Crippen LogP contribution < -0.4 is 0 Å². The summed E-state index contributed by atoms with van der Waals surface area (Å²) in [6.45, 7) is 3.06. The highest BCUT2D eigenvalue weighted by molar-refractivity contribution is 6.02.